The van der Waals surface area contributed by atoms with Gasteiger partial charge >= 0.3 is 0 Å². The predicted octanol–water partition coefficient (Wildman–Crippen LogP) is 2.51. The molecule has 0 aromatic heterocycles. The minimum atomic E-state index is -3.55. The summed E-state index contributed by atoms with van der Waals surface area (Å²) in [6.45, 7) is 1.96. The summed E-state index contributed by atoms with van der Waals surface area (Å²) < 4.78 is 26.3. The van der Waals surface area contributed by atoms with Crippen molar-refractivity contribution in [2.24, 2.45) is 0 Å². The van der Waals surface area contributed by atoms with Gasteiger partial charge in [-0.2, -0.15) is 9.57 Å². The quantitative estimate of drug-likeness (QED) is 0.833. The molecule has 1 unspecified atom stereocenters. The van der Waals surface area contributed by atoms with Crippen LogP contribution in [-0.4, -0.2) is 25.0 Å². The maximum Gasteiger partial charge on any atom is 0.230 e. The largest absolute Gasteiger partial charge is 0.230 e. The van der Waals surface area contributed by atoms with Crippen molar-refractivity contribution in [1.29, 1.82) is 5.26 Å². The number of hydrogen-bond donors (Lipinski definition) is 0. The van der Waals surface area contributed by atoms with Crippen molar-refractivity contribution in [3.05, 3.63) is 34.3 Å². The molecule has 0 fully saturated rings. The molecule has 0 aliphatic rings. The van der Waals surface area contributed by atoms with Gasteiger partial charge in [-0.25, -0.2) is 8.42 Å². The summed E-state index contributed by atoms with van der Waals surface area (Å²) in [5.41, 5.74) is 0.886. The van der Waals surface area contributed by atoms with Crippen LogP contribution in [-0.2, 0) is 16.6 Å². The van der Waals surface area contributed by atoms with Crippen molar-refractivity contribution >= 4 is 26.0 Å². The summed E-state index contributed by atoms with van der Waals surface area (Å²) >= 11 is 3.32. The average molecular weight is 331 g/mol. The van der Waals surface area contributed by atoms with Gasteiger partial charge in [-0.1, -0.05) is 35.0 Å². The lowest BCUT2D eigenvalue weighted by Crippen LogP contribution is -2.34. The zero-order valence-corrected chi connectivity index (χ0v) is 12.7. The Morgan fingerprint density at radius 2 is 1.94 bits per heavy atom. The van der Waals surface area contributed by atoms with Crippen LogP contribution in [0.25, 0.3) is 0 Å². The molecule has 0 amide bonds. The number of hydrogen-bond acceptors (Lipinski definition) is 3. The standard InChI is InChI=1S/C12H15BrN2O2S/c1-3-12(8-14)18(16,17)15(2)9-10-4-6-11(13)7-5-10/h4-7,12H,3,9H2,1-2H3. The van der Waals surface area contributed by atoms with Gasteiger partial charge in [-0.3, -0.25) is 0 Å². The van der Waals surface area contributed by atoms with Crippen LogP contribution < -0.4 is 0 Å². The summed E-state index contributed by atoms with van der Waals surface area (Å²) in [4.78, 5) is 0. The Kier molecular flexibility index (Phi) is 5.32. The van der Waals surface area contributed by atoms with Crippen LogP contribution in [0.1, 0.15) is 18.9 Å². The number of nitrogens with zero attached hydrogens (tertiary/aromatic N) is 2. The van der Waals surface area contributed by atoms with Gasteiger partial charge in [0.1, 0.15) is 0 Å². The van der Waals surface area contributed by atoms with E-state index in [2.05, 4.69) is 15.9 Å². The molecule has 0 heterocycles. The van der Waals surface area contributed by atoms with E-state index < -0.39 is 15.3 Å². The summed E-state index contributed by atoms with van der Waals surface area (Å²) in [6, 6.07) is 9.25. The van der Waals surface area contributed by atoms with Crippen LogP contribution in [0.15, 0.2) is 28.7 Å². The van der Waals surface area contributed by atoms with E-state index in [0.717, 1.165) is 10.0 Å². The molecule has 18 heavy (non-hydrogen) atoms. The van der Waals surface area contributed by atoms with Gasteiger partial charge in [0.15, 0.2) is 5.25 Å². The van der Waals surface area contributed by atoms with Crippen LogP contribution >= 0.6 is 15.9 Å². The molecular weight excluding hydrogens is 316 g/mol. The average Bonchev–Trinajstić information content (AvgIpc) is 2.33. The summed E-state index contributed by atoms with van der Waals surface area (Å²) in [5, 5.41) is 7.88. The second-order valence-corrected chi connectivity index (χ2v) is 7.09. The SMILES string of the molecule is CCC(C#N)S(=O)(=O)N(C)Cc1ccc(Br)cc1. The molecule has 98 valence electrons. The van der Waals surface area contributed by atoms with E-state index in [1.54, 1.807) is 6.92 Å². The number of sulfonamides is 1. The predicted molar refractivity (Wildman–Crippen MR) is 74.2 cm³/mol. The smallest absolute Gasteiger partial charge is 0.211 e. The molecule has 0 aliphatic heterocycles. The Morgan fingerprint density at radius 3 is 2.39 bits per heavy atom. The van der Waals surface area contributed by atoms with Gasteiger partial charge in [0.25, 0.3) is 0 Å². The van der Waals surface area contributed by atoms with Crippen LogP contribution in [0.3, 0.4) is 0 Å². The fraction of sp³-hybridized carbons (Fsp3) is 0.417. The third kappa shape index (κ3) is 3.55. The van der Waals surface area contributed by atoms with Gasteiger partial charge < -0.3 is 0 Å². The first-order chi connectivity index (χ1) is 8.41. The Hall–Kier alpha value is -0.900. The van der Waals surface area contributed by atoms with E-state index in [1.807, 2.05) is 30.3 Å². The number of benzene rings is 1. The van der Waals surface area contributed by atoms with Gasteiger partial charge in [0.2, 0.25) is 10.0 Å². The van der Waals surface area contributed by atoms with Crippen LogP contribution in [0.4, 0.5) is 0 Å². The van der Waals surface area contributed by atoms with Gasteiger partial charge in [-0.15, -0.1) is 0 Å². The van der Waals surface area contributed by atoms with E-state index in [-0.39, 0.29) is 6.54 Å². The van der Waals surface area contributed by atoms with Gasteiger partial charge in [0.05, 0.1) is 6.07 Å². The second-order valence-electron chi connectivity index (χ2n) is 3.95. The number of rotatable bonds is 5. The highest BCUT2D eigenvalue weighted by Gasteiger charge is 2.28. The molecule has 1 rings (SSSR count). The first-order valence-electron chi connectivity index (χ1n) is 5.51. The fourth-order valence-electron chi connectivity index (χ4n) is 1.52. The Balaban J connectivity index is 2.86. The maximum atomic E-state index is 12.1. The summed E-state index contributed by atoms with van der Waals surface area (Å²) in [5.74, 6) is 0. The van der Waals surface area contributed by atoms with Crippen molar-refractivity contribution in [2.45, 2.75) is 25.1 Å². The highest BCUT2D eigenvalue weighted by atomic mass is 79.9. The lowest BCUT2D eigenvalue weighted by Gasteiger charge is -2.19. The summed E-state index contributed by atoms with van der Waals surface area (Å²) in [6.07, 6.45) is 0.295. The molecule has 0 saturated heterocycles. The monoisotopic (exact) mass is 330 g/mol. The van der Waals surface area contributed by atoms with Crippen LogP contribution in [0, 0.1) is 11.3 Å². The molecule has 6 heteroatoms. The molecule has 4 nitrogen and oxygen atoms in total. The Morgan fingerprint density at radius 1 is 1.39 bits per heavy atom. The highest BCUT2D eigenvalue weighted by Crippen LogP contribution is 2.16. The third-order valence-corrected chi connectivity index (χ3v) is 5.31. The van der Waals surface area contributed by atoms with E-state index in [4.69, 9.17) is 5.26 Å². The Bertz CT molecular complexity index is 534. The van der Waals surface area contributed by atoms with Crippen LogP contribution in [0.5, 0.6) is 0 Å². The van der Waals surface area contributed by atoms with E-state index >= 15 is 0 Å². The second kappa shape index (κ2) is 6.32. The lowest BCUT2D eigenvalue weighted by atomic mass is 10.2. The zero-order valence-electron chi connectivity index (χ0n) is 10.3. The van der Waals surface area contributed by atoms with Crippen LogP contribution in [0.2, 0.25) is 0 Å². The number of halogens is 1. The molecule has 0 radical (unpaired) electrons. The lowest BCUT2D eigenvalue weighted by molar-refractivity contribution is 0.460. The first-order valence-corrected chi connectivity index (χ1v) is 7.80. The minimum Gasteiger partial charge on any atom is -0.211 e. The van der Waals surface area contributed by atoms with Crippen molar-refractivity contribution in [1.82, 2.24) is 4.31 Å². The maximum absolute atomic E-state index is 12.1. The summed E-state index contributed by atoms with van der Waals surface area (Å²) in [7, 11) is -2.05. The van der Waals surface area contributed by atoms with Crippen molar-refractivity contribution in [2.75, 3.05) is 7.05 Å². The molecule has 1 aromatic carbocycles. The van der Waals surface area contributed by atoms with E-state index in [0.29, 0.717) is 6.42 Å². The third-order valence-electron chi connectivity index (χ3n) is 2.63. The minimum absolute atomic E-state index is 0.272. The highest BCUT2D eigenvalue weighted by molar-refractivity contribution is 9.10. The van der Waals surface area contributed by atoms with Crippen molar-refractivity contribution < 1.29 is 8.42 Å². The molecular formula is C12H15BrN2O2S. The van der Waals surface area contributed by atoms with Gasteiger partial charge in [0, 0.05) is 18.1 Å². The van der Waals surface area contributed by atoms with Crippen molar-refractivity contribution in [3.8, 4) is 6.07 Å². The molecule has 0 spiro atoms. The molecule has 0 N–H and O–H groups in total. The zero-order chi connectivity index (χ0) is 13.8. The fourth-order valence-corrected chi connectivity index (χ4v) is 3.10. The molecule has 1 aromatic rings. The van der Waals surface area contributed by atoms with Crippen molar-refractivity contribution in [3.63, 3.8) is 0 Å². The molecule has 0 aliphatic carbocycles. The first kappa shape index (κ1) is 15.2. The van der Waals surface area contributed by atoms with E-state index in [1.165, 1.54) is 11.4 Å². The van der Waals surface area contributed by atoms with E-state index in [9.17, 15) is 8.42 Å². The molecule has 1 atom stereocenters. The van der Waals surface area contributed by atoms with Gasteiger partial charge in [-0.05, 0) is 24.1 Å². The molecule has 0 bridgehead atoms. The topological polar surface area (TPSA) is 61.2 Å². The molecule has 0 saturated carbocycles. The normalized spacial score (nSPS) is 13.3. The Labute approximate surface area is 116 Å². The number of nitriles is 1.